The van der Waals surface area contributed by atoms with Crippen molar-refractivity contribution in [1.82, 2.24) is 0 Å². The minimum absolute atomic E-state index is 0.0989. The second-order valence-corrected chi connectivity index (χ2v) is 21.7. The van der Waals surface area contributed by atoms with E-state index in [9.17, 15) is 9.59 Å². The van der Waals surface area contributed by atoms with Gasteiger partial charge < -0.3 is 14.2 Å². The molecular weight excluding hydrogens is 837 g/mol. The molecule has 0 spiro atoms. The minimum Gasteiger partial charge on any atom is -0.462 e. The van der Waals surface area contributed by atoms with E-state index in [2.05, 4.69) is 20.8 Å². The van der Waals surface area contributed by atoms with Crippen LogP contribution >= 0.6 is 0 Å². The SMILES string of the molecule is CCCCCCCCCCCCCCCCCCCCCC(=O)OCC(COCCCCCCCCCCCCCCCCCC)OC(=O)CCCCCCCCCCCCCCCCCCC. The summed E-state index contributed by atoms with van der Waals surface area (Å²) in [7, 11) is 0. The molecule has 0 heterocycles. The first kappa shape index (κ1) is 66.9. The van der Waals surface area contributed by atoms with Crippen molar-refractivity contribution in [2.45, 2.75) is 374 Å². The first-order chi connectivity index (χ1) is 33.6. The van der Waals surface area contributed by atoms with Crippen molar-refractivity contribution in [2.75, 3.05) is 19.8 Å². The van der Waals surface area contributed by atoms with Gasteiger partial charge in [0.15, 0.2) is 6.10 Å². The van der Waals surface area contributed by atoms with E-state index >= 15 is 0 Å². The monoisotopic (exact) mass is 961 g/mol. The maximum atomic E-state index is 12.9. The summed E-state index contributed by atoms with van der Waals surface area (Å²) in [6.45, 7) is 7.94. The van der Waals surface area contributed by atoms with Crippen molar-refractivity contribution in [3.05, 3.63) is 0 Å². The van der Waals surface area contributed by atoms with Gasteiger partial charge in [-0.05, 0) is 19.3 Å². The van der Waals surface area contributed by atoms with E-state index in [0.717, 1.165) is 32.1 Å². The van der Waals surface area contributed by atoms with E-state index in [4.69, 9.17) is 14.2 Å². The van der Waals surface area contributed by atoms with E-state index in [0.29, 0.717) is 26.1 Å². The maximum Gasteiger partial charge on any atom is 0.306 e. The molecule has 0 aliphatic heterocycles. The summed E-state index contributed by atoms with van der Waals surface area (Å²) in [6, 6.07) is 0. The van der Waals surface area contributed by atoms with Crippen molar-refractivity contribution in [3.8, 4) is 0 Å². The molecule has 0 N–H and O–H groups in total. The number of hydrogen-bond donors (Lipinski definition) is 0. The van der Waals surface area contributed by atoms with E-state index in [1.807, 2.05) is 0 Å². The summed E-state index contributed by atoms with van der Waals surface area (Å²) >= 11 is 0. The van der Waals surface area contributed by atoms with Crippen LogP contribution in [0.25, 0.3) is 0 Å². The average molecular weight is 962 g/mol. The van der Waals surface area contributed by atoms with Crippen LogP contribution < -0.4 is 0 Å². The fraction of sp³-hybridized carbons (Fsp3) is 0.968. The molecule has 0 amide bonds. The van der Waals surface area contributed by atoms with E-state index < -0.39 is 6.10 Å². The molecular formula is C63H124O5. The fourth-order valence-corrected chi connectivity index (χ4v) is 9.93. The molecule has 0 aromatic heterocycles. The Labute approximate surface area is 427 Å². The van der Waals surface area contributed by atoms with Gasteiger partial charge in [0.05, 0.1) is 6.61 Å². The minimum atomic E-state index is -0.525. The summed E-state index contributed by atoms with van der Waals surface area (Å²) in [5, 5.41) is 0. The molecule has 0 aliphatic rings. The lowest BCUT2D eigenvalue weighted by atomic mass is 10.0. The van der Waals surface area contributed by atoms with Crippen LogP contribution in [0.4, 0.5) is 0 Å². The summed E-state index contributed by atoms with van der Waals surface area (Å²) in [4.78, 5) is 25.6. The van der Waals surface area contributed by atoms with Gasteiger partial charge in [0.1, 0.15) is 6.61 Å². The normalized spacial score (nSPS) is 12.0. The summed E-state index contributed by atoms with van der Waals surface area (Å²) < 4.78 is 17.6. The molecule has 0 aliphatic carbocycles. The lowest BCUT2D eigenvalue weighted by Crippen LogP contribution is -2.30. The Morgan fingerprint density at radius 3 is 0.750 bits per heavy atom. The standard InChI is InChI=1S/C63H124O5/c1-4-7-10-13-16-19-22-25-28-31-32-34-35-38-41-44-47-50-53-56-62(64)67-60-61(59-66-58-55-52-49-46-43-40-37-30-27-24-21-18-15-12-9-6-3)68-63(65)57-54-51-48-45-42-39-36-33-29-26-23-20-17-14-11-8-5-2/h61H,4-60H2,1-3H3. The largest absolute Gasteiger partial charge is 0.462 e. The second kappa shape index (κ2) is 60.2. The predicted molar refractivity (Wildman–Crippen MR) is 298 cm³/mol. The van der Waals surface area contributed by atoms with E-state index in [1.165, 1.54) is 302 Å². The Hall–Kier alpha value is -1.10. The van der Waals surface area contributed by atoms with Crippen LogP contribution in [0.3, 0.4) is 0 Å². The molecule has 0 aromatic rings. The number of ether oxygens (including phenoxy) is 3. The number of esters is 2. The van der Waals surface area contributed by atoms with Gasteiger partial charge in [0.25, 0.3) is 0 Å². The first-order valence-corrected chi connectivity index (χ1v) is 31.6. The van der Waals surface area contributed by atoms with Crippen molar-refractivity contribution in [1.29, 1.82) is 0 Å². The van der Waals surface area contributed by atoms with E-state index in [-0.39, 0.29) is 18.5 Å². The number of rotatable bonds is 60. The smallest absolute Gasteiger partial charge is 0.306 e. The molecule has 68 heavy (non-hydrogen) atoms. The van der Waals surface area contributed by atoms with Crippen molar-refractivity contribution in [2.24, 2.45) is 0 Å². The molecule has 5 nitrogen and oxygen atoms in total. The number of hydrogen-bond acceptors (Lipinski definition) is 5. The third-order valence-electron chi connectivity index (χ3n) is 14.6. The second-order valence-electron chi connectivity index (χ2n) is 21.7. The molecule has 0 saturated carbocycles. The van der Waals surface area contributed by atoms with Crippen LogP contribution in [0, 0.1) is 0 Å². The van der Waals surface area contributed by atoms with Gasteiger partial charge >= 0.3 is 11.9 Å². The Kier molecular flexibility index (Phi) is 59.2. The number of unbranched alkanes of at least 4 members (excludes halogenated alkanes) is 49. The quantitative estimate of drug-likeness (QED) is 0.0449. The lowest BCUT2D eigenvalue weighted by molar-refractivity contribution is -0.163. The van der Waals surface area contributed by atoms with Gasteiger partial charge in [-0.3, -0.25) is 9.59 Å². The van der Waals surface area contributed by atoms with Crippen LogP contribution in [-0.4, -0.2) is 37.9 Å². The van der Waals surface area contributed by atoms with Gasteiger partial charge in [-0.25, -0.2) is 0 Å². The van der Waals surface area contributed by atoms with Gasteiger partial charge in [0, 0.05) is 19.4 Å². The zero-order chi connectivity index (χ0) is 49.2. The third-order valence-corrected chi connectivity index (χ3v) is 14.6. The Bertz CT molecular complexity index is 952. The molecule has 0 fully saturated rings. The van der Waals surface area contributed by atoms with Gasteiger partial charge in [-0.2, -0.15) is 0 Å². The van der Waals surface area contributed by atoms with Crippen molar-refractivity contribution < 1.29 is 23.8 Å². The molecule has 0 bridgehead atoms. The summed E-state index contributed by atoms with van der Waals surface area (Å²) in [6.07, 6.45) is 69.9. The van der Waals surface area contributed by atoms with Crippen LogP contribution in [0.2, 0.25) is 0 Å². The van der Waals surface area contributed by atoms with Crippen LogP contribution in [-0.2, 0) is 23.8 Å². The lowest BCUT2D eigenvalue weighted by Gasteiger charge is -2.18. The van der Waals surface area contributed by atoms with Crippen LogP contribution in [0.5, 0.6) is 0 Å². The molecule has 1 unspecified atom stereocenters. The van der Waals surface area contributed by atoms with E-state index in [1.54, 1.807) is 0 Å². The Balaban J connectivity index is 4.17. The summed E-state index contributed by atoms with van der Waals surface area (Å²) in [5.41, 5.74) is 0. The van der Waals surface area contributed by atoms with Gasteiger partial charge in [-0.1, -0.05) is 335 Å². The molecule has 5 heteroatoms. The Morgan fingerprint density at radius 2 is 0.485 bits per heavy atom. The highest BCUT2D eigenvalue weighted by Gasteiger charge is 2.18. The van der Waals surface area contributed by atoms with Gasteiger partial charge in [-0.15, -0.1) is 0 Å². The van der Waals surface area contributed by atoms with Crippen molar-refractivity contribution >= 4 is 11.9 Å². The predicted octanol–water partition coefficient (Wildman–Crippen LogP) is 21.6. The average Bonchev–Trinajstić information content (AvgIpc) is 3.34. The first-order valence-electron chi connectivity index (χ1n) is 31.6. The highest BCUT2D eigenvalue weighted by Crippen LogP contribution is 2.18. The number of carbonyl (C=O) groups is 2. The molecule has 1 atom stereocenters. The third kappa shape index (κ3) is 57.5. The topological polar surface area (TPSA) is 61.8 Å². The highest BCUT2D eigenvalue weighted by atomic mass is 16.6. The zero-order valence-electron chi connectivity index (χ0n) is 46.9. The molecule has 0 saturated heterocycles. The molecule has 0 aromatic carbocycles. The maximum absolute atomic E-state index is 12.9. The molecule has 0 radical (unpaired) electrons. The van der Waals surface area contributed by atoms with Crippen LogP contribution in [0.1, 0.15) is 367 Å². The fourth-order valence-electron chi connectivity index (χ4n) is 9.93. The van der Waals surface area contributed by atoms with Crippen molar-refractivity contribution in [3.63, 3.8) is 0 Å². The molecule has 0 rings (SSSR count). The zero-order valence-corrected chi connectivity index (χ0v) is 46.9. The Morgan fingerprint density at radius 1 is 0.265 bits per heavy atom. The number of carbonyl (C=O) groups excluding carboxylic acids is 2. The van der Waals surface area contributed by atoms with Gasteiger partial charge in [0.2, 0.25) is 0 Å². The highest BCUT2D eigenvalue weighted by molar-refractivity contribution is 5.70. The summed E-state index contributed by atoms with van der Waals surface area (Å²) in [5.74, 6) is -0.360. The van der Waals surface area contributed by atoms with Crippen LogP contribution in [0.15, 0.2) is 0 Å². The molecule has 406 valence electrons.